The molecule has 6 nitrogen and oxygen atoms in total. The van der Waals surface area contributed by atoms with Crippen molar-refractivity contribution in [1.82, 2.24) is 24.1 Å². The third kappa shape index (κ3) is 3.00. The SMILES string of the molecule is Cc1ccc(C)n1CCCC(=O)N1CCC[C@H]1c1nnc2ccccn12. The number of carbonyl (C=O) groups is 1. The topological polar surface area (TPSA) is 55.4 Å². The van der Waals surface area contributed by atoms with Crippen molar-refractivity contribution in [3.8, 4) is 0 Å². The maximum atomic E-state index is 12.8. The second kappa shape index (κ2) is 6.94. The minimum Gasteiger partial charge on any atom is -0.349 e. The van der Waals surface area contributed by atoms with Crippen LogP contribution in [0.25, 0.3) is 5.65 Å². The van der Waals surface area contributed by atoms with Crippen molar-refractivity contribution in [2.24, 2.45) is 0 Å². The normalized spacial score (nSPS) is 17.3. The molecule has 0 saturated carbocycles. The van der Waals surface area contributed by atoms with E-state index in [2.05, 4.69) is 40.7 Å². The maximum Gasteiger partial charge on any atom is 0.223 e. The Balaban J connectivity index is 1.44. The molecule has 136 valence electrons. The summed E-state index contributed by atoms with van der Waals surface area (Å²) in [4.78, 5) is 14.8. The van der Waals surface area contributed by atoms with Crippen LogP contribution in [-0.4, -0.2) is 36.5 Å². The van der Waals surface area contributed by atoms with Gasteiger partial charge in [0.05, 0.1) is 6.04 Å². The Morgan fingerprint density at radius 1 is 1.15 bits per heavy atom. The molecule has 0 unspecified atom stereocenters. The van der Waals surface area contributed by atoms with Crippen LogP contribution in [-0.2, 0) is 11.3 Å². The molecule has 1 atom stereocenters. The summed E-state index contributed by atoms with van der Waals surface area (Å²) in [5, 5.41) is 8.61. The van der Waals surface area contributed by atoms with Crippen LogP contribution < -0.4 is 0 Å². The summed E-state index contributed by atoms with van der Waals surface area (Å²) >= 11 is 0. The van der Waals surface area contributed by atoms with Crippen molar-refractivity contribution < 1.29 is 4.79 Å². The Morgan fingerprint density at radius 3 is 2.77 bits per heavy atom. The summed E-state index contributed by atoms with van der Waals surface area (Å²) in [5.74, 6) is 1.10. The lowest BCUT2D eigenvalue weighted by atomic mass is 10.2. The standard InChI is InChI=1S/C20H25N5O/c1-15-10-11-16(2)23(15)13-6-9-19(26)24-14-5-7-17(24)20-22-21-18-8-3-4-12-25(18)20/h3-4,8,10-12,17H,5-7,9,13-14H2,1-2H3/t17-/m0/s1. The van der Waals surface area contributed by atoms with Crippen molar-refractivity contribution in [2.75, 3.05) is 6.54 Å². The van der Waals surface area contributed by atoms with Crippen molar-refractivity contribution in [1.29, 1.82) is 0 Å². The van der Waals surface area contributed by atoms with E-state index in [0.717, 1.165) is 43.8 Å². The minimum absolute atomic E-state index is 0.0370. The number of aromatic nitrogens is 4. The highest BCUT2D eigenvalue weighted by atomic mass is 16.2. The van der Waals surface area contributed by atoms with Gasteiger partial charge in [-0.3, -0.25) is 9.20 Å². The number of likely N-dealkylation sites (tertiary alicyclic amines) is 1. The Hall–Kier alpha value is -2.63. The Kier molecular flexibility index (Phi) is 4.49. The number of fused-ring (bicyclic) bond motifs is 1. The number of aryl methyl sites for hydroxylation is 2. The molecule has 3 aromatic heterocycles. The van der Waals surface area contributed by atoms with Gasteiger partial charge in [-0.15, -0.1) is 10.2 Å². The van der Waals surface area contributed by atoms with Crippen molar-refractivity contribution in [3.05, 3.63) is 53.7 Å². The van der Waals surface area contributed by atoms with Gasteiger partial charge in [0.1, 0.15) is 0 Å². The van der Waals surface area contributed by atoms with E-state index in [9.17, 15) is 4.79 Å². The number of nitrogens with zero attached hydrogens (tertiary/aromatic N) is 5. The van der Waals surface area contributed by atoms with Gasteiger partial charge < -0.3 is 9.47 Å². The number of hydrogen-bond acceptors (Lipinski definition) is 3. The highest BCUT2D eigenvalue weighted by Crippen LogP contribution is 2.31. The molecule has 1 saturated heterocycles. The van der Waals surface area contributed by atoms with Crippen LogP contribution in [0.15, 0.2) is 36.5 Å². The molecule has 0 bridgehead atoms. The molecule has 0 spiro atoms. The van der Waals surface area contributed by atoms with E-state index in [1.165, 1.54) is 11.4 Å². The maximum absolute atomic E-state index is 12.8. The van der Waals surface area contributed by atoms with E-state index >= 15 is 0 Å². The number of amides is 1. The molecular formula is C20H25N5O. The molecule has 0 N–H and O–H groups in total. The van der Waals surface area contributed by atoms with Crippen molar-refractivity contribution in [2.45, 2.75) is 52.1 Å². The fourth-order valence-corrected chi connectivity index (χ4v) is 4.00. The van der Waals surface area contributed by atoms with Gasteiger partial charge in [-0.25, -0.2) is 0 Å². The van der Waals surface area contributed by atoms with Gasteiger partial charge in [0.2, 0.25) is 5.91 Å². The second-order valence-electron chi connectivity index (χ2n) is 7.10. The van der Waals surface area contributed by atoms with Crippen LogP contribution in [0.4, 0.5) is 0 Å². The zero-order chi connectivity index (χ0) is 18.1. The third-order valence-corrected chi connectivity index (χ3v) is 5.40. The number of pyridine rings is 1. The lowest BCUT2D eigenvalue weighted by molar-refractivity contribution is -0.132. The number of hydrogen-bond donors (Lipinski definition) is 0. The Labute approximate surface area is 153 Å². The summed E-state index contributed by atoms with van der Waals surface area (Å²) in [6.07, 6.45) is 5.39. The summed E-state index contributed by atoms with van der Waals surface area (Å²) in [5.41, 5.74) is 3.34. The molecule has 6 heteroatoms. The van der Waals surface area contributed by atoms with E-state index in [-0.39, 0.29) is 11.9 Å². The summed E-state index contributed by atoms with van der Waals surface area (Å²) in [6, 6.07) is 10.2. The van der Waals surface area contributed by atoms with Crippen LogP contribution in [0.3, 0.4) is 0 Å². The van der Waals surface area contributed by atoms with Gasteiger partial charge in [-0.1, -0.05) is 6.07 Å². The van der Waals surface area contributed by atoms with Crippen LogP contribution in [0.5, 0.6) is 0 Å². The fourth-order valence-electron chi connectivity index (χ4n) is 4.00. The Morgan fingerprint density at radius 2 is 1.96 bits per heavy atom. The van der Waals surface area contributed by atoms with Gasteiger partial charge in [0.25, 0.3) is 0 Å². The van der Waals surface area contributed by atoms with Crippen molar-refractivity contribution >= 4 is 11.6 Å². The van der Waals surface area contributed by atoms with Crippen LogP contribution in [0, 0.1) is 13.8 Å². The number of rotatable bonds is 5. The summed E-state index contributed by atoms with van der Waals surface area (Å²) in [6.45, 7) is 5.93. The van der Waals surface area contributed by atoms with E-state index in [4.69, 9.17) is 0 Å². The zero-order valence-electron chi connectivity index (χ0n) is 15.4. The molecule has 4 rings (SSSR count). The first-order chi connectivity index (χ1) is 12.6. The highest BCUT2D eigenvalue weighted by molar-refractivity contribution is 5.77. The average molecular weight is 351 g/mol. The predicted molar refractivity (Wildman–Crippen MR) is 99.8 cm³/mol. The van der Waals surface area contributed by atoms with Crippen LogP contribution in [0.2, 0.25) is 0 Å². The number of carbonyl (C=O) groups excluding carboxylic acids is 1. The molecule has 1 aliphatic heterocycles. The predicted octanol–water partition coefficient (Wildman–Crippen LogP) is 3.29. The van der Waals surface area contributed by atoms with Gasteiger partial charge in [-0.2, -0.15) is 0 Å². The van der Waals surface area contributed by atoms with Crippen LogP contribution in [0.1, 0.15) is 48.9 Å². The zero-order valence-corrected chi connectivity index (χ0v) is 15.4. The van der Waals surface area contributed by atoms with E-state index in [1.54, 1.807) is 0 Å². The first kappa shape index (κ1) is 16.8. The average Bonchev–Trinajstić information content (AvgIpc) is 3.35. The molecule has 0 aliphatic carbocycles. The van der Waals surface area contributed by atoms with Gasteiger partial charge in [0, 0.05) is 37.1 Å². The quantitative estimate of drug-likeness (QED) is 0.709. The molecule has 4 heterocycles. The molecule has 1 amide bonds. The van der Waals surface area contributed by atoms with Gasteiger partial charge in [-0.05, 0) is 57.4 Å². The van der Waals surface area contributed by atoms with E-state index < -0.39 is 0 Å². The first-order valence-electron chi connectivity index (χ1n) is 9.37. The monoisotopic (exact) mass is 351 g/mol. The van der Waals surface area contributed by atoms with Gasteiger partial charge in [0.15, 0.2) is 11.5 Å². The lowest BCUT2D eigenvalue weighted by Crippen LogP contribution is -2.31. The fraction of sp³-hybridized carbons (Fsp3) is 0.450. The first-order valence-corrected chi connectivity index (χ1v) is 9.37. The third-order valence-electron chi connectivity index (χ3n) is 5.40. The van der Waals surface area contributed by atoms with Gasteiger partial charge >= 0.3 is 0 Å². The molecule has 0 radical (unpaired) electrons. The minimum atomic E-state index is 0.0370. The van der Waals surface area contributed by atoms with Crippen LogP contribution >= 0.6 is 0 Å². The smallest absolute Gasteiger partial charge is 0.223 e. The molecule has 1 fully saturated rings. The van der Waals surface area contributed by atoms with E-state index in [0.29, 0.717) is 6.42 Å². The Bertz CT molecular complexity index is 906. The van der Waals surface area contributed by atoms with Crippen molar-refractivity contribution in [3.63, 3.8) is 0 Å². The summed E-state index contributed by atoms with van der Waals surface area (Å²) in [7, 11) is 0. The lowest BCUT2D eigenvalue weighted by Gasteiger charge is -2.23. The summed E-state index contributed by atoms with van der Waals surface area (Å²) < 4.78 is 4.28. The largest absolute Gasteiger partial charge is 0.349 e. The molecule has 1 aliphatic rings. The highest BCUT2D eigenvalue weighted by Gasteiger charge is 2.32. The molecule has 3 aromatic rings. The molecular weight excluding hydrogens is 326 g/mol. The van der Waals surface area contributed by atoms with E-state index in [1.807, 2.05) is 33.7 Å². The molecule has 0 aromatic carbocycles. The molecule has 26 heavy (non-hydrogen) atoms. The second-order valence-corrected chi connectivity index (χ2v) is 7.10.